The third-order valence-corrected chi connectivity index (χ3v) is 6.42. The molecule has 0 amide bonds. The Hall–Kier alpha value is -1.59. The Labute approximate surface area is 236 Å². The van der Waals surface area contributed by atoms with Gasteiger partial charge in [-0.05, 0) is 12.8 Å². The lowest BCUT2D eigenvalue weighted by Crippen LogP contribution is -2.34. The van der Waals surface area contributed by atoms with E-state index in [4.69, 9.17) is 26.2 Å². The van der Waals surface area contributed by atoms with Crippen molar-refractivity contribution in [2.45, 2.75) is 129 Å². The fraction of sp³-hybridized carbons (Fsp3) is 0.897. The van der Waals surface area contributed by atoms with Crippen LogP contribution in [0.15, 0.2) is 0 Å². The first-order valence-electron chi connectivity index (χ1n) is 15.1. The second-order valence-corrected chi connectivity index (χ2v) is 10.0. The lowest BCUT2D eigenvalue weighted by molar-refractivity contribution is -0.160. The highest BCUT2D eigenvalue weighted by atomic mass is 16.6. The van der Waals surface area contributed by atoms with Gasteiger partial charge in [0.1, 0.15) is 6.04 Å². The lowest BCUT2D eigenvalue weighted by atomic mass is 10.0. The van der Waals surface area contributed by atoms with Gasteiger partial charge < -0.3 is 30.9 Å². The first-order chi connectivity index (χ1) is 18.8. The van der Waals surface area contributed by atoms with Crippen molar-refractivity contribution in [3.05, 3.63) is 0 Å². The zero-order chi connectivity index (χ0) is 29.6. The molecular weight excluding hydrogens is 504 g/mol. The fourth-order valence-corrected chi connectivity index (χ4v) is 4.04. The molecule has 0 bridgehead atoms. The van der Waals surface area contributed by atoms with Gasteiger partial charge in [-0.25, -0.2) is 4.79 Å². The number of aliphatic carboxylic acids is 1. The van der Waals surface area contributed by atoms with Crippen LogP contribution in [0.5, 0.6) is 0 Å². The minimum Gasteiger partial charge on any atom is -0.481 e. The van der Waals surface area contributed by atoms with Crippen LogP contribution in [0.4, 0.5) is 0 Å². The molecule has 0 aliphatic carbocycles. The average molecular weight is 563 g/mol. The minimum absolute atomic E-state index is 0.0274. The summed E-state index contributed by atoms with van der Waals surface area (Å²) in [6.45, 7) is 4.01. The summed E-state index contributed by atoms with van der Waals surface area (Å²) in [5, 5.41) is 34.0. The molecular formula is C29H58N2O8. The van der Waals surface area contributed by atoms with E-state index in [-0.39, 0.29) is 39.1 Å². The molecule has 0 aromatic rings. The van der Waals surface area contributed by atoms with E-state index in [0.29, 0.717) is 26.1 Å². The van der Waals surface area contributed by atoms with Gasteiger partial charge in [0.05, 0.1) is 19.8 Å². The van der Waals surface area contributed by atoms with Crippen LogP contribution in [-0.4, -0.2) is 88.7 Å². The standard InChI is InChI=1S/C23H43NO5.C6H15NO3/c1-2-3-4-5-6-7-8-9-10-11-12-13-14-15-16-17-22(27)29-23(28)20(24)18-19-21(25)26;8-4-1-7(2-5-9)3-6-10/h20H,2-19,24H2,1H3,(H,25,26);8-10H,1-6H2. The normalized spacial score (nSPS) is 11.6. The number of carboxylic acids is 1. The Morgan fingerprint density at radius 3 is 1.41 bits per heavy atom. The molecule has 39 heavy (non-hydrogen) atoms. The summed E-state index contributed by atoms with van der Waals surface area (Å²) < 4.78 is 4.67. The molecule has 0 saturated carbocycles. The van der Waals surface area contributed by atoms with Gasteiger partial charge in [0.15, 0.2) is 0 Å². The van der Waals surface area contributed by atoms with Crippen LogP contribution in [0.1, 0.15) is 122 Å². The summed E-state index contributed by atoms with van der Waals surface area (Å²) in [6, 6.07) is -1.06. The van der Waals surface area contributed by atoms with Crippen molar-refractivity contribution >= 4 is 17.9 Å². The molecule has 0 radical (unpaired) electrons. The number of aliphatic hydroxyl groups is 3. The van der Waals surface area contributed by atoms with Crippen LogP contribution in [0.25, 0.3) is 0 Å². The van der Waals surface area contributed by atoms with Crippen molar-refractivity contribution in [2.24, 2.45) is 5.73 Å². The SMILES string of the molecule is CCCCCCCCCCCCCCCCCC(=O)OC(=O)C(N)CCC(=O)O.OCCN(CCO)CCO. The van der Waals surface area contributed by atoms with Crippen molar-refractivity contribution in [3.63, 3.8) is 0 Å². The van der Waals surface area contributed by atoms with Gasteiger partial charge in [-0.15, -0.1) is 0 Å². The highest BCUT2D eigenvalue weighted by Gasteiger charge is 2.19. The van der Waals surface area contributed by atoms with E-state index in [2.05, 4.69) is 11.7 Å². The van der Waals surface area contributed by atoms with Crippen molar-refractivity contribution in [3.8, 4) is 0 Å². The van der Waals surface area contributed by atoms with Crippen LogP contribution < -0.4 is 5.73 Å². The van der Waals surface area contributed by atoms with Gasteiger partial charge in [-0.3, -0.25) is 14.5 Å². The van der Waals surface area contributed by atoms with E-state index in [1.165, 1.54) is 77.0 Å². The molecule has 1 unspecified atom stereocenters. The Balaban J connectivity index is 0. The Morgan fingerprint density at radius 1 is 0.667 bits per heavy atom. The largest absolute Gasteiger partial charge is 0.481 e. The molecule has 6 N–H and O–H groups in total. The zero-order valence-corrected chi connectivity index (χ0v) is 24.5. The lowest BCUT2D eigenvalue weighted by Gasteiger charge is -2.17. The van der Waals surface area contributed by atoms with Crippen molar-refractivity contribution < 1.29 is 39.5 Å². The number of esters is 2. The predicted octanol–water partition coefficient (Wildman–Crippen LogP) is 3.78. The molecule has 10 nitrogen and oxygen atoms in total. The number of hydrogen-bond acceptors (Lipinski definition) is 9. The smallest absolute Gasteiger partial charge is 0.330 e. The van der Waals surface area contributed by atoms with Crippen LogP contribution in [0, 0.1) is 0 Å². The maximum absolute atomic E-state index is 11.6. The van der Waals surface area contributed by atoms with Crippen LogP contribution in [0.3, 0.4) is 0 Å². The molecule has 0 aliphatic heterocycles. The first kappa shape index (κ1) is 39.6. The third-order valence-electron chi connectivity index (χ3n) is 6.42. The molecule has 0 spiro atoms. The monoisotopic (exact) mass is 562 g/mol. The summed E-state index contributed by atoms with van der Waals surface area (Å²) in [5.41, 5.74) is 5.51. The van der Waals surface area contributed by atoms with Crippen LogP contribution in [-0.2, 0) is 19.1 Å². The quantitative estimate of drug-likeness (QED) is 0.0594. The number of unbranched alkanes of at least 4 members (excludes halogenated alkanes) is 14. The molecule has 0 aromatic heterocycles. The zero-order valence-electron chi connectivity index (χ0n) is 24.5. The fourth-order valence-electron chi connectivity index (χ4n) is 4.04. The maximum Gasteiger partial charge on any atom is 0.330 e. The summed E-state index contributed by atoms with van der Waals surface area (Å²) in [7, 11) is 0. The number of hydrogen-bond donors (Lipinski definition) is 5. The number of ether oxygens (including phenoxy) is 1. The molecule has 0 fully saturated rings. The molecule has 1 atom stereocenters. The van der Waals surface area contributed by atoms with E-state index in [1.807, 2.05) is 0 Å². The average Bonchev–Trinajstić information content (AvgIpc) is 2.90. The molecule has 0 aromatic carbocycles. The van der Waals surface area contributed by atoms with E-state index < -0.39 is 23.9 Å². The number of aliphatic hydroxyl groups excluding tert-OH is 3. The molecule has 0 saturated heterocycles. The Morgan fingerprint density at radius 2 is 1.05 bits per heavy atom. The number of carboxylic acid groups (broad SMARTS) is 1. The van der Waals surface area contributed by atoms with Crippen molar-refractivity contribution in [1.82, 2.24) is 4.90 Å². The Bertz CT molecular complexity index is 563. The minimum atomic E-state index is -1.06. The number of nitrogens with zero attached hydrogens (tertiary/aromatic N) is 1. The molecule has 232 valence electrons. The summed E-state index contributed by atoms with van der Waals surface area (Å²) in [4.78, 5) is 35.4. The van der Waals surface area contributed by atoms with Gasteiger partial charge in [-0.1, -0.05) is 96.8 Å². The molecule has 0 heterocycles. The van der Waals surface area contributed by atoms with E-state index >= 15 is 0 Å². The summed E-state index contributed by atoms with van der Waals surface area (Å²) in [6.07, 6.45) is 18.7. The summed E-state index contributed by atoms with van der Waals surface area (Å²) >= 11 is 0. The molecule has 10 heteroatoms. The van der Waals surface area contributed by atoms with Crippen molar-refractivity contribution in [2.75, 3.05) is 39.5 Å². The number of carbonyl (C=O) groups is 3. The van der Waals surface area contributed by atoms with Gasteiger partial charge in [-0.2, -0.15) is 0 Å². The molecule has 0 rings (SSSR count). The van der Waals surface area contributed by atoms with Gasteiger partial charge in [0.25, 0.3) is 0 Å². The highest BCUT2D eigenvalue weighted by molar-refractivity contribution is 5.88. The summed E-state index contributed by atoms with van der Waals surface area (Å²) in [5.74, 6) is -2.44. The maximum atomic E-state index is 11.6. The van der Waals surface area contributed by atoms with Crippen LogP contribution >= 0.6 is 0 Å². The number of carbonyl (C=O) groups excluding carboxylic acids is 2. The van der Waals surface area contributed by atoms with Crippen molar-refractivity contribution in [1.29, 1.82) is 0 Å². The third kappa shape index (κ3) is 30.8. The first-order valence-corrected chi connectivity index (χ1v) is 15.1. The van der Waals surface area contributed by atoms with Gasteiger partial charge in [0.2, 0.25) is 0 Å². The Kier molecular flexibility index (Phi) is 31.4. The van der Waals surface area contributed by atoms with E-state index in [1.54, 1.807) is 4.90 Å². The number of rotatable bonds is 26. The molecule has 0 aliphatic rings. The van der Waals surface area contributed by atoms with E-state index in [0.717, 1.165) is 12.8 Å². The topological polar surface area (TPSA) is 171 Å². The predicted molar refractivity (Wildman–Crippen MR) is 153 cm³/mol. The van der Waals surface area contributed by atoms with Gasteiger partial charge >= 0.3 is 17.9 Å². The van der Waals surface area contributed by atoms with E-state index in [9.17, 15) is 14.4 Å². The second kappa shape index (κ2) is 30.9. The second-order valence-electron chi connectivity index (χ2n) is 10.0. The highest BCUT2D eigenvalue weighted by Crippen LogP contribution is 2.14. The van der Waals surface area contributed by atoms with Crippen LogP contribution in [0.2, 0.25) is 0 Å². The van der Waals surface area contributed by atoms with Gasteiger partial charge in [0, 0.05) is 32.5 Å². The number of nitrogens with two attached hydrogens (primary N) is 1.